The molecule has 0 unspecified atom stereocenters. The van der Waals surface area contributed by atoms with Crippen molar-refractivity contribution in [2.75, 3.05) is 0 Å². The third kappa shape index (κ3) is 2.85. The first kappa shape index (κ1) is 13.5. The van der Waals surface area contributed by atoms with E-state index in [2.05, 4.69) is 15.2 Å². The summed E-state index contributed by atoms with van der Waals surface area (Å²) in [5.41, 5.74) is 2.34. The molecule has 0 aliphatic rings. The molecule has 3 aromatic rings. The number of nitrogens with zero attached hydrogens (tertiary/aromatic N) is 4. The molecule has 2 aromatic heterocycles. The van der Waals surface area contributed by atoms with Gasteiger partial charge in [0.25, 0.3) is 0 Å². The molecule has 3 rings (SSSR count). The van der Waals surface area contributed by atoms with E-state index in [0.717, 1.165) is 11.3 Å². The molecule has 0 saturated heterocycles. The minimum Gasteiger partial charge on any atom is -0.420 e. The van der Waals surface area contributed by atoms with Crippen molar-refractivity contribution in [1.82, 2.24) is 19.7 Å². The van der Waals surface area contributed by atoms with Crippen LogP contribution < -0.4 is 0 Å². The number of benzene rings is 1. The Labute approximate surface area is 125 Å². The van der Waals surface area contributed by atoms with Crippen LogP contribution >= 0.6 is 11.6 Å². The van der Waals surface area contributed by atoms with Gasteiger partial charge >= 0.3 is 0 Å². The van der Waals surface area contributed by atoms with Crippen LogP contribution in [0, 0.1) is 0 Å². The van der Waals surface area contributed by atoms with E-state index in [-0.39, 0.29) is 12.3 Å². The fourth-order valence-electron chi connectivity index (χ4n) is 1.95. The van der Waals surface area contributed by atoms with Gasteiger partial charge in [0.2, 0.25) is 11.8 Å². The Morgan fingerprint density at radius 2 is 2.10 bits per heavy atom. The number of aldehydes is 1. The van der Waals surface area contributed by atoms with E-state index in [4.69, 9.17) is 16.0 Å². The summed E-state index contributed by atoms with van der Waals surface area (Å²) in [6.07, 6.45) is 4.42. The number of rotatable bonds is 4. The third-order valence-electron chi connectivity index (χ3n) is 2.87. The number of hydrogen-bond donors (Lipinski definition) is 0. The largest absolute Gasteiger partial charge is 0.420 e. The fraction of sp³-hybridized carbons (Fsp3) is 0.143. The van der Waals surface area contributed by atoms with Crippen LogP contribution in [0.1, 0.15) is 5.89 Å². The normalized spacial score (nSPS) is 10.8. The Morgan fingerprint density at radius 3 is 2.81 bits per heavy atom. The minimum atomic E-state index is 0.0979. The number of aryl methyl sites for hydroxylation is 1. The molecule has 0 saturated carbocycles. The maximum absolute atomic E-state index is 10.5. The number of carbonyl (C=O) groups is 1. The zero-order chi connectivity index (χ0) is 14.8. The van der Waals surface area contributed by atoms with Crippen LogP contribution in [0.15, 0.2) is 35.1 Å². The molecular weight excluding hydrogens is 292 g/mol. The number of carbonyl (C=O) groups excluding carboxylic acids is 1. The van der Waals surface area contributed by atoms with Gasteiger partial charge in [-0.15, -0.1) is 10.2 Å². The molecule has 0 atom stereocenters. The minimum absolute atomic E-state index is 0.0979. The molecule has 0 bridgehead atoms. The number of halogens is 1. The van der Waals surface area contributed by atoms with Crippen LogP contribution in [-0.4, -0.2) is 26.0 Å². The van der Waals surface area contributed by atoms with E-state index >= 15 is 0 Å². The van der Waals surface area contributed by atoms with Gasteiger partial charge in [-0.3, -0.25) is 0 Å². The molecule has 0 N–H and O–H groups in total. The Kier molecular flexibility index (Phi) is 3.53. The Morgan fingerprint density at radius 1 is 1.29 bits per heavy atom. The van der Waals surface area contributed by atoms with Gasteiger partial charge < -0.3 is 13.8 Å². The van der Waals surface area contributed by atoms with E-state index in [1.165, 1.54) is 0 Å². The Hall–Kier alpha value is -2.47. The average molecular weight is 303 g/mol. The van der Waals surface area contributed by atoms with Crippen molar-refractivity contribution in [2.45, 2.75) is 6.42 Å². The zero-order valence-corrected chi connectivity index (χ0v) is 11.9. The molecule has 0 aliphatic carbocycles. The maximum atomic E-state index is 10.5. The molecule has 0 aliphatic heterocycles. The standard InChI is InChI=1S/C14H11ClN4O2/c1-19-7-12(16-8-19)9-4-10(6-11(15)5-9)14-18-17-13(21-14)2-3-20/h3-8H,2H2,1H3. The number of aromatic nitrogens is 4. The van der Waals surface area contributed by atoms with Gasteiger partial charge in [-0.25, -0.2) is 4.98 Å². The molecule has 0 radical (unpaired) electrons. The molecule has 0 fully saturated rings. The van der Waals surface area contributed by atoms with E-state index in [0.29, 0.717) is 22.8 Å². The number of hydrogen-bond acceptors (Lipinski definition) is 5. The monoisotopic (exact) mass is 302 g/mol. The lowest BCUT2D eigenvalue weighted by Crippen LogP contribution is -1.83. The van der Waals surface area contributed by atoms with Crippen LogP contribution in [0.25, 0.3) is 22.7 Å². The summed E-state index contributed by atoms with van der Waals surface area (Å²) in [6, 6.07) is 5.41. The fourth-order valence-corrected chi connectivity index (χ4v) is 2.18. The van der Waals surface area contributed by atoms with Crippen molar-refractivity contribution in [3.05, 3.63) is 41.6 Å². The molecule has 6 nitrogen and oxygen atoms in total. The van der Waals surface area contributed by atoms with Crippen LogP contribution in [0.2, 0.25) is 5.02 Å². The summed E-state index contributed by atoms with van der Waals surface area (Å²) in [5.74, 6) is 0.603. The van der Waals surface area contributed by atoms with Crippen molar-refractivity contribution < 1.29 is 9.21 Å². The van der Waals surface area contributed by atoms with Crippen LogP contribution in [0.5, 0.6) is 0 Å². The number of imidazole rings is 1. The van der Waals surface area contributed by atoms with Gasteiger partial charge in [0.05, 0.1) is 18.4 Å². The topological polar surface area (TPSA) is 73.8 Å². The molecule has 1 aromatic carbocycles. The molecule has 106 valence electrons. The van der Waals surface area contributed by atoms with E-state index < -0.39 is 0 Å². The average Bonchev–Trinajstić information content (AvgIpc) is 3.08. The Balaban J connectivity index is 2.02. The zero-order valence-electron chi connectivity index (χ0n) is 11.2. The van der Waals surface area contributed by atoms with Crippen molar-refractivity contribution in [3.8, 4) is 22.7 Å². The van der Waals surface area contributed by atoms with Gasteiger partial charge in [-0.2, -0.15) is 0 Å². The third-order valence-corrected chi connectivity index (χ3v) is 3.09. The smallest absolute Gasteiger partial charge is 0.247 e. The summed E-state index contributed by atoms with van der Waals surface area (Å²) < 4.78 is 7.28. The highest BCUT2D eigenvalue weighted by Crippen LogP contribution is 2.28. The summed E-state index contributed by atoms with van der Waals surface area (Å²) in [4.78, 5) is 14.7. The first-order chi connectivity index (χ1) is 10.2. The van der Waals surface area contributed by atoms with Gasteiger partial charge in [-0.05, 0) is 18.2 Å². The van der Waals surface area contributed by atoms with Crippen molar-refractivity contribution in [1.29, 1.82) is 0 Å². The van der Waals surface area contributed by atoms with Gasteiger partial charge in [0, 0.05) is 29.4 Å². The molecule has 7 heteroatoms. The summed E-state index contributed by atoms with van der Waals surface area (Å²) in [6.45, 7) is 0. The summed E-state index contributed by atoms with van der Waals surface area (Å²) in [5, 5.41) is 8.28. The second kappa shape index (κ2) is 5.49. The molecule has 0 spiro atoms. The van der Waals surface area contributed by atoms with E-state index in [1.807, 2.05) is 29.9 Å². The van der Waals surface area contributed by atoms with Gasteiger partial charge in [0.15, 0.2) is 0 Å². The van der Waals surface area contributed by atoms with Crippen molar-refractivity contribution in [3.63, 3.8) is 0 Å². The first-order valence-corrected chi connectivity index (χ1v) is 6.59. The lowest BCUT2D eigenvalue weighted by molar-refractivity contribution is -0.107. The lowest BCUT2D eigenvalue weighted by Gasteiger charge is -2.01. The Bertz CT molecular complexity index is 794. The molecule has 21 heavy (non-hydrogen) atoms. The highest BCUT2D eigenvalue weighted by atomic mass is 35.5. The molecule has 2 heterocycles. The summed E-state index contributed by atoms with van der Waals surface area (Å²) in [7, 11) is 1.89. The van der Waals surface area contributed by atoms with Gasteiger partial charge in [0.1, 0.15) is 6.29 Å². The van der Waals surface area contributed by atoms with E-state index in [1.54, 1.807) is 12.4 Å². The van der Waals surface area contributed by atoms with Crippen molar-refractivity contribution >= 4 is 17.9 Å². The van der Waals surface area contributed by atoms with E-state index in [9.17, 15) is 4.79 Å². The predicted octanol–water partition coefficient (Wildman–Crippen LogP) is 2.53. The van der Waals surface area contributed by atoms with Crippen LogP contribution in [0.4, 0.5) is 0 Å². The SMILES string of the molecule is Cn1cnc(-c2cc(Cl)cc(-c3nnc(CC=O)o3)c2)c1. The highest BCUT2D eigenvalue weighted by Gasteiger charge is 2.12. The lowest BCUT2D eigenvalue weighted by atomic mass is 10.1. The first-order valence-electron chi connectivity index (χ1n) is 6.21. The van der Waals surface area contributed by atoms with Crippen LogP contribution in [0.3, 0.4) is 0 Å². The van der Waals surface area contributed by atoms with Gasteiger partial charge in [-0.1, -0.05) is 11.6 Å². The maximum Gasteiger partial charge on any atom is 0.247 e. The highest BCUT2D eigenvalue weighted by molar-refractivity contribution is 6.31. The summed E-state index contributed by atoms with van der Waals surface area (Å²) >= 11 is 6.14. The van der Waals surface area contributed by atoms with Crippen LogP contribution in [-0.2, 0) is 18.3 Å². The quantitative estimate of drug-likeness (QED) is 0.692. The second-order valence-electron chi connectivity index (χ2n) is 4.52. The predicted molar refractivity (Wildman–Crippen MR) is 76.7 cm³/mol. The van der Waals surface area contributed by atoms with Crippen molar-refractivity contribution in [2.24, 2.45) is 7.05 Å². The second-order valence-corrected chi connectivity index (χ2v) is 4.96. The molecular formula is C14H11ClN4O2. The molecule has 0 amide bonds.